The molecule has 1 aliphatic rings. The van der Waals surface area contributed by atoms with E-state index in [4.69, 9.17) is 4.74 Å². The van der Waals surface area contributed by atoms with Gasteiger partial charge in [-0.1, -0.05) is 6.07 Å². The molecule has 2 rings (SSSR count). The van der Waals surface area contributed by atoms with Gasteiger partial charge < -0.3 is 9.72 Å². The molecule has 1 aromatic rings. The van der Waals surface area contributed by atoms with E-state index >= 15 is 0 Å². The molecular weight excluding hydrogens is 256 g/mol. The number of nitrogens with zero attached hydrogens (tertiary/aromatic N) is 1. The topological polar surface area (TPSA) is 62.4 Å². The predicted octanol–water partition coefficient (Wildman–Crippen LogP) is 2.75. The summed E-state index contributed by atoms with van der Waals surface area (Å²) in [6.45, 7) is 6.16. The van der Waals surface area contributed by atoms with E-state index in [0.29, 0.717) is 6.54 Å². The minimum atomic E-state index is -0.510. The van der Waals surface area contributed by atoms with Gasteiger partial charge in [-0.2, -0.15) is 0 Å². The summed E-state index contributed by atoms with van der Waals surface area (Å²) in [6, 6.07) is 5.02. The lowest BCUT2D eigenvalue weighted by Crippen LogP contribution is -2.35. The van der Waals surface area contributed by atoms with E-state index in [9.17, 15) is 9.59 Å². The number of rotatable bonds is 1. The molecule has 20 heavy (non-hydrogen) atoms. The minimum absolute atomic E-state index is 0.141. The van der Waals surface area contributed by atoms with E-state index in [2.05, 4.69) is 4.98 Å². The van der Waals surface area contributed by atoms with Gasteiger partial charge in [0.2, 0.25) is 5.56 Å². The Bertz CT molecular complexity index is 581. The first-order valence-electron chi connectivity index (χ1n) is 6.75. The lowest BCUT2D eigenvalue weighted by atomic mass is 10.0. The van der Waals surface area contributed by atoms with Gasteiger partial charge in [0.1, 0.15) is 5.60 Å². The van der Waals surface area contributed by atoms with Crippen LogP contribution in [0.15, 0.2) is 29.2 Å². The highest BCUT2D eigenvalue weighted by Gasteiger charge is 2.23. The Hall–Kier alpha value is -2.04. The number of hydrogen-bond acceptors (Lipinski definition) is 3. The molecule has 0 atom stereocenters. The van der Waals surface area contributed by atoms with Crippen molar-refractivity contribution >= 4 is 11.7 Å². The molecule has 1 N–H and O–H groups in total. The highest BCUT2D eigenvalue weighted by Crippen LogP contribution is 2.24. The zero-order valence-electron chi connectivity index (χ0n) is 12.1. The lowest BCUT2D eigenvalue weighted by molar-refractivity contribution is 0.0329. The fourth-order valence-electron chi connectivity index (χ4n) is 2.06. The van der Waals surface area contributed by atoms with Crippen LogP contribution in [0.4, 0.5) is 4.79 Å². The van der Waals surface area contributed by atoms with Crippen LogP contribution in [0.1, 0.15) is 39.3 Å². The van der Waals surface area contributed by atoms with Crippen molar-refractivity contribution < 1.29 is 9.53 Å². The van der Waals surface area contributed by atoms with Crippen LogP contribution in [-0.4, -0.2) is 28.1 Å². The Kier molecular flexibility index (Phi) is 3.97. The molecule has 5 nitrogen and oxygen atoms in total. The number of carbonyl (C=O) groups excluding carboxylic acids is 1. The smallest absolute Gasteiger partial charge is 0.414 e. The first-order chi connectivity index (χ1) is 9.35. The summed E-state index contributed by atoms with van der Waals surface area (Å²) in [5.41, 5.74) is 1.05. The molecular formula is C15H20N2O3. The van der Waals surface area contributed by atoms with E-state index < -0.39 is 5.60 Å². The van der Waals surface area contributed by atoms with Crippen molar-refractivity contribution in [1.82, 2.24) is 9.88 Å². The highest BCUT2D eigenvalue weighted by atomic mass is 16.6. The van der Waals surface area contributed by atoms with Crippen molar-refractivity contribution in [2.45, 2.75) is 39.2 Å². The van der Waals surface area contributed by atoms with E-state index in [-0.39, 0.29) is 11.7 Å². The second kappa shape index (κ2) is 5.53. The molecule has 0 unspecified atom stereocenters. The van der Waals surface area contributed by atoms with Crippen molar-refractivity contribution in [2.24, 2.45) is 0 Å². The number of hydrogen-bond donors (Lipinski definition) is 1. The molecule has 1 aliphatic heterocycles. The van der Waals surface area contributed by atoms with Crippen molar-refractivity contribution in [3.05, 3.63) is 40.4 Å². The van der Waals surface area contributed by atoms with E-state index in [1.165, 1.54) is 6.07 Å². The number of ether oxygens (including phenoxy) is 1. The predicted molar refractivity (Wildman–Crippen MR) is 77.2 cm³/mol. The van der Waals surface area contributed by atoms with Gasteiger partial charge in [-0.3, -0.25) is 9.69 Å². The van der Waals surface area contributed by atoms with Gasteiger partial charge in [-0.05, 0) is 45.3 Å². The molecule has 1 aromatic heterocycles. The number of allylic oxidation sites excluding steroid dienone is 1. The van der Waals surface area contributed by atoms with E-state index in [1.807, 2.05) is 26.8 Å². The Morgan fingerprint density at radius 1 is 1.35 bits per heavy atom. The molecule has 0 aromatic carbocycles. The van der Waals surface area contributed by atoms with Crippen molar-refractivity contribution in [2.75, 3.05) is 6.54 Å². The first-order valence-corrected chi connectivity index (χ1v) is 6.75. The molecule has 0 saturated heterocycles. The van der Waals surface area contributed by atoms with Crippen LogP contribution in [0.3, 0.4) is 0 Å². The maximum absolute atomic E-state index is 12.0. The van der Waals surface area contributed by atoms with Crippen LogP contribution in [0.5, 0.6) is 0 Å². The summed E-state index contributed by atoms with van der Waals surface area (Å²) < 4.78 is 5.36. The first kappa shape index (κ1) is 14.4. The number of H-pyrrole nitrogens is 1. The third-order valence-electron chi connectivity index (χ3n) is 2.90. The van der Waals surface area contributed by atoms with Crippen LogP contribution in [0.25, 0.3) is 5.57 Å². The third kappa shape index (κ3) is 3.73. The molecule has 0 saturated carbocycles. The van der Waals surface area contributed by atoms with Crippen LogP contribution in [-0.2, 0) is 4.74 Å². The summed E-state index contributed by atoms with van der Waals surface area (Å²) in [6.07, 6.45) is 3.09. The highest BCUT2D eigenvalue weighted by molar-refractivity contribution is 5.74. The van der Waals surface area contributed by atoms with Crippen molar-refractivity contribution in [1.29, 1.82) is 0 Å². The number of carbonyl (C=O) groups is 1. The summed E-state index contributed by atoms with van der Waals surface area (Å²) in [7, 11) is 0. The molecule has 0 aliphatic carbocycles. The number of amides is 1. The maximum Gasteiger partial charge on any atom is 0.414 e. The third-order valence-corrected chi connectivity index (χ3v) is 2.90. The number of aromatic amines is 1. The van der Waals surface area contributed by atoms with Gasteiger partial charge in [0, 0.05) is 24.5 Å². The largest absolute Gasteiger partial charge is 0.443 e. The van der Waals surface area contributed by atoms with Crippen LogP contribution < -0.4 is 5.56 Å². The Balaban J connectivity index is 2.19. The zero-order valence-corrected chi connectivity index (χ0v) is 12.1. The average molecular weight is 276 g/mol. The number of pyridine rings is 1. The van der Waals surface area contributed by atoms with Gasteiger partial charge >= 0.3 is 6.09 Å². The Morgan fingerprint density at radius 3 is 2.75 bits per heavy atom. The van der Waals surface area contributed by atoms with Gasteiger partial charge in [0.25, 0.3) is 0 Å². The van der Waals surface area contributed by atoms with Crippen molar-refractivity contribution in [3.63, 3.8) is 0 Å². The quantitative estimate of drug-likeness (QED) is 0.858. The lowest BCUT2D eigenvalue weighted by Gasteiger charge is -2.28. The summed E-state index contributed by atoms with van der Waals surface area (Å²) in [4.78, 5) is 27.7. The molecule has 0 spiro atoms. The average Bonchev–Trinajstić information content (AvgIpc) is 2.37. The molecule has 2 heterocycles. The molecule has 0 radical (unpaired) electrons. The monoisotopic (exact) mass is 276 g/mol. The Morgan fingerprint density at radius 2 is 2.10 bits per heavy atom. The second-order valence-corrected chi connectivity index (χ2v) is 5.86. The van der Waals surface area contributed by atoms with Gasteiger partial charge in [0.15, 0.2) is 0 Å². The zero-order chi connectivity index (χ0) is 14.8. The minimum Gasteiger partial charge on any atom is -0.443 e. The summed E-state index contributed by atoms with van der Waals surface area (Å²) >= 11 is 0. The Labute approximate surface area is 118 Å². The summed E-state index contributed by atoms with van der Waals surface area (Å²) in [5.74, 6) is 0. The van der Waals surface area contributed by atoms with Gasteiger partial charge in [-0.25, -0.2) is 4.79 Å². The van der Waals surface area contributed by atoms with Crippen molar-refractivity contribution in [3.8, 4) is 0 Å². The number of nitrogens with one attached hydrogen (secondary N) is 1. The normalized spacial score (nSPS) is 15.8. The van der Waals surface area contributed by atoms with E-state index in [0.717, 1.165) is 24.1 Å². The van der Waals surface area contributed by atoms with Crippen LogP contribution in [0.2, 0.25) is 0 Å². The fourth-order valence-corrected chi connectivity index (χ4v) is 2.06. The molecule has 108 valence electrons. The molecule has 0 bridgehead atoms. The summed E-state index contributed by atoms with van der Waals surface area (Å²) in [5, 5.41) is 0. The SMILES string of the molecule is CC(C)(C)OC(=O)N1C=C(c2cccc(=O)[nH]2)CCC1. The molecule has 1 amide bonds. The van der Waals surface area contributed by atoms with Gasteiger partial charge in [0.05, 0.1) is 0 Å². The molecule has 5 heteroatoms. The fraction of sp³-hybridized carbons (Fsp3) is 0.467. The van der Waals surface area contributed by atoms with Crippen LogP contribution in [0, 0.1) is 0 Å². The number of aromatic nitrogens is 1. The second-order valence-electron chi connectivity index (χ2n) is 5.86. The van der Waals surface area contributed by atoms with Crippen LogP contribution >= 0.6 is 0 Å². The van der Waals surface area contributed by atoms with Gasteiger partial charge in [-0.15, -0.1) is 0 Å². The maximum atomic E-state index is 12.0. The van der Waals surface area contributed by atoms with E-state index in [1.54, 1.807) is 17.2 Å². The standard InChI is InChI=1S/C15H20N2O3/c1-15(2,3)20-14(19)17-9-5-6-11(10-17)12-7-4-8-13(18)16-12/h4,7-8,10H,5-6,9H2,1-3H3,(H,16,18). The molecule has 0 fully saturated rings.